The van der Waals surface area contributed by atoms with Gasteiger partial charge in [0, 0.05) is 31.5 Å². The molecule has 1 saturated heterocycles. The number of ether oxygens (including phenoxy) is 1. The second kappa shape index (κ2) is 6.96. The largest absolute Gasteiger partial charge is 0.372 e. The van der Waals surface area contributed by atoms with E-state index in [-0.39, 0.29) is 18.4 Å². The van der Waals surface area contributed by atoms with Crippen molar-refractivity contribution in [2.45, 2.75) is 26.4 Å². The molecule has 1 amide bonds. The van der Waals surface area contributed by atoms with Gasteiger partial charge in [-0.3, -0.25) is 9.78 Å². The van der Waals surface area contributed by atoms with Gasteiger partial charge in [-0.15, -0.1) is 0 Å². The van der Waals surface area contributed by atoms with Crippen LogP contribution in [0.4, 0.5) is 5.82 Å². The highest BCUT2D eigenvalue weighted by Crippen LogP contribution is 2.25. The number of morpholine rings is 1. The lowest BCUT2D eigenvalue weighted by molar-refractivity contribution is -0.138. The summed E-state index contributed by atoms with van der Waals surface area (Å²) in [4.78, 5) is 23.1. The second-order valence-corrected chi connectivity index (χ2v) is 5.72. The first kappa shape index (κ1) is 16.4. The Bertz CT molecular complexity index is 711. The highest BCUT2D eigenvalue weighted by molar-refractivity contribution is 5.79. The predicted molar refractivity (Wildman–Crippen MR) is 86.5 cm³/mol. The molecular formula is C16H21N5O3. The smallest absolute Gasteiger partial charge is 0.227 e. The van der Waals surface area contributed by atoms with Gasteiger partial charge < -0.3 is 19.5 Å². The van der Waals surface area contributed by atoms with Gasteiger partial charge >= 0.3 is 0 Å². The average molecular weight is 331 g/mol. The number of carbonyl (C=O) groups is 1. The molecule has 3 heterocycles. The van der Waals surface area contributed by atoms with Gasteiger partial charge in [0.1, 0.15) is 23.4 Å². The van der Waals surface area contributed by atoms with E-state index in [1.54, 1.807) is 24.3 Å². The van der Waals surface area contributed by atoms with Crippen LogP contribution in [0.15, 0.2) is 16.9 Å². The van der Waals surface area contributed by atoms with Crippen molar-refractivity contribution in [3.05, 3.63) is 35.1 Å². The number of aryl methyl sites for hydroxylation is 2. The van der Waals surface area contributed by atoms with E-state index in [9.17, 15) is 4.79 Å². The lowest BCUT2D eigenvalue weighted by atomic mass is 10.1. The molecule has 8 nitrogen and oxygen atoms in total. The fraction of sp³-hybridized carbons (Fsp3) is 0.500. The van der Waals surface area contributed by atoms with Crippen LogP contribution in [0.2, 0.25) is 0 Å². The Kier molecular flexibility index (Phi) is 4.75. The highest BCUT2D eigenvalue weighted by Gasteiger charge is 2.29. The Labute approximate surface area is 140 Å². The average Bonchev–Trinajstić information content (AvgIpc) is 2.93. The Morgan fingerprint density at radius 3 is 2.88 bits per heavy atom. The molecule has 1 atom stereocenters. The fourth-order valence-electron chi connectivity index (χ4n) is 2.84. The molecule has 128 valence electrons. The molecule has 8 heteroatoms. The maximum atomic E-state index is 12.7. The van der Waals surface area contributed by atoms with Gasteiger partial charge in [0.25, 0.3) is 0 Å². The normalized spacial score (nSPS) is 17.8. The first-order valence-corrected chi connectivity index (χ1v) is 7.90. The van der Waals surface area contributed by atoms with Crippen LogP contribution >= 0.6 is 0 Å². The molecule has 1 aliphatic heterocycles. The van der Waals surface area contributed by atoms with Crippen molar-refractivity contribution in [1.82, 2.24) is 20.0 Å². The van der Waals surface area contributed by atoms with E-state index in [1.807, 2.05) is 13.8 Å². The van der Waals surface area contributed by atoms with Crippen molar-refractivity contribution in [2.75, 3.05) is 32.1 Å². The van der Waals surface area contributed by atoms with Gasteiger partial charge in [-0.05, 0) is 13.8 Å². The van der Waals surface area contributed by atoms with Gasteiger partial charge in [-0.25, -0.2) is 4.98 Å². The summed E-state index contributed by atoms with van der Waals surface area (Å²) < 4.78 is 10.9. The maximum Gasteiger partial charge on any atom is 0.227 e. The number of nitrogens with zero attached hydrogens (tertiary/aromatic N) is 4. The van der Waals surface area contributed by atoms with Crippen LogP contribution in [-0.4, -0.2) is 52.7 Å². The van der Waals surface area contributed by atoms with Gasteiger partial charge in [0.15, 0.2) is 0 Å². The Morgan fingerprint density at radius 2 is 2.17 bits per heavy atom. The van der Waals surface area contributed by atoms with Crippen LogP contribution < -0.4 is 5.32 Å². The van der Waals surface area contributed by atoms with E-state index in [4.69, 9.17) is 9.26 Å². The number of nitrogens with one attached hydrogen (secondary N) is 1. The SMILES string of the molecule is CNc1nccnc1[C@@H]1CN(C(=O)Cc2c(C)noc2C)CCO1. The summed E-state index contributed by atoms with van der Waals surface area (Å²) >= 11 is 0. The van der Waals surface area contributed by atoms with Crippen LogP contribution in [0.25, 0.3) is 0 Å². The topological polar surface area (TPSA) is 93.4 Å². The Balaban J connectivity index is 1.72. The third kappa shape index (κ3) is 3.23. The zero-order valence-electron chi connectivity index (χ0n) is 14.1. The van der Waals surface area contributed by atoms with E-state index < -0.39 is 0 Å². The lowest BCUT2D eigenvalue weighted by Gasteiger charge is -2.33. The first-order valence-electron chi connectivity index (χ1n) is 7.90. The molecule has 3 rings (SSSR count). The number of carbonyl (C=O) groups excluding carboxylic acids is 1. The highest BCUT2D eigenvalue weighted by atomic mass is 16.5. The van der Waals surface area contributed by atoms with Crippen LogP contribution in [0.3, 0.4) is 0 Å². The number of aromatic nitrogens is 3. The fourth-order valence-corrected chi connectivity index (χ4v) is 2.84. The number of anilines is 1. The monoisotopic (exact) mass is 331 g/mol. The van der Waals surface area contributed by atoms with Crippen molar-refractivity contribution in [1.29, 1.82) is 0 Å². The number of hydrogen-bond donors (Lipinski definition) is 1. The van der Waals surface area contributed by atoms with Gasteiger partial charge in [0.2, 0.25) is 5.91 Å². The van der Waals surface area contributed by atoms with E-state index >= 15 is 0 Å². The van der Waals surface area contributed by atoms with Gasteiger partial charge in [-0.2, -0.15) is 0 Å². The van der Waals surface area contributed by atoms with E-state index in [0.717, 1.165) is 17.0 Å². The third-order valence-electron chi connectivity index (χ3n) is 4.20. The summed E-state index contributed by atoms with van der Waals surface area (Å²) in [5.41, 5.74) is 2.34. The number of hydrogen-bond acceptors (Lipinski definition) is 7. The third-order valence-corrected chi connectivity index (χ3v) is 4.20. The molecule has 0 aromatic carbocycles. The molecule has 0 spiro atoms. The van der Waals surface area contributed by atoms with Gasteiger partial charge in [-0.1, -0.05) is 5.16 Å². The minimum atomic E-state index is -0.288. The summed E-state index contributed by atoms with van der Waals surface area (Å²) in [5, 5.41) is 6.91. The molecular weight excluding hydrogens is 310 g/mol. The van der Waals surface area contributed by atoms with Crippen LogP contribution in [0.1, 0.15) is 28.8 Å². The molecule has 0 aliphatic carbocycles. The molecule has 0 saturated carbocycles. The van der Waals surface area contributed by atoms with E-state index in [0.29, 0.717) is 31.3 Å². The Hall–Kier alpha value is -2.48. The molecule has 2 aromatic rings. The molecule has 1 aliphatic rings. The molecule has 1 N–H and O–H groups in total. The second-order valence-electron chi connectivity index (χ2n) is 5.72. The van der Waals surface area contributed by atoms with Crippen molar-refractivity contribution in [3.8, 4) is 0 Å². The quantitative estimate of drug-likeness (QED) is 0.901. The van der Waals surface area contributed by atoms with E-state index in [1.165, 1.54) is 0 Å². The summed E-state index contributed by atoms with van der Waals surface area (Å²) in [6.07, 6.45) is 3.25. The zero-order valence-corrected chi connectivity index (χ0v) is 14.1. The summed E-state index contributed by atoms with van der Waals surface area (Å²) in [6, 6.07) is 0. The summed E-state index contributed by atoms with van der Waals surface area (Å²) in [5.74, 6) is 1.40. The standard InChI is InChI=1S/C16H21N5O3/c1-10-12(11(2)24-20-10)8-14(22)21-6-7-23-13(9-21)15-16(17-3)19-5-4-18-15/h4-5,13H,6-9H2,1-3H3,(H,17,19)/t13-/m0/s1. The zero-order chi connectivity index (χ0) is 17.1. The summed E-state index contributed by atoms with van der Waals surface area (Å²) in [6.45, 7) is 5.16. The van der Waals surface area contributed by atoms with Crippen LogP contribution in [0, 0.1) is 13.8 Å². The maximum absolute atomic E-state index is 12.7. The predicted octanol–water partition coefficient (Wildman–Crippen LogP) is 1.27. The number of rotatable bonds is 4. The molecule has 24 heavy (non-hydrogen) atoms. The minimum Gasteiger partial charge on any atom is -0.372 e. The van der Waals surface area contributed by atoms with E-state index in [2.05, 4.69) is 20.4 Å². The Morgan fingerprint density at radius 1 is 1.38 bits per heavy atom. The molecule has 0 unspecified atom stereocenters. The van der Waals surface area contributed by atoms with Gasteiger partial charge in [0.05, 0.1) is 25.3 Å². The van der Waals surface area contributed by atoms with Crippen molar-refractivity contribution >= 4 is 11.7 Å². The number of amides is 1. The van der Waals surface area contributed by atoms with Crippen LogP contribution in [0.5, 0.6) is 0 Å². The minimum absolute atomic E-state index is 0.0348. The molecule has 2 aromatic heterocycles. The lowest BCUT2D eigenvalue weighted by Crippen LogP contribution is -2.43. The first-order chi connectivity index (χ1) is 11.6. The molecule has 1 fully saturated rings. The van der Waals surface area contributed by atoms with Crippen molar-refractivity contribution in [3.63, 3.8) is 0 Å². The van der Waals surface area contributed by atoms with Crippen LogP contribution in [-0.2, 0) is 16.0 Å². The molecule has 0 bridgehead atoms. The molecule has 0 radical (unpaired) electrons. The summed E-state index contributed by atoms with van der Waals surface area (Å²) in [7, 11) is 1.79. The van der Waals surface area contributed by atoms with Crippen molar-refractivity contribution in [2.24, 2.45) is 0 Å². The van der Waals surface area contributed by atoms with Crippen molar-refractivity contribution < 1.29 is 14.1 Å².